The van der Waals surface area contributed by atoms with Crippen LogP contribution in [0.1, 0.15) is 44.1 Å². The molecule has 0 spiro atoms. The molecule has 1 amide bonds. The van der Waals surface area contributed by atoms with E-state index in [-0.39, 0.29) is 38.3 Å². The van der Waals surface area contributed by atoms with E-state index in [2.05, 4.69) is 5.32 Å². The number of hydrogen-bond donors (Lipinski definition) is 1. The van der Waals surface area contributed by atoms with Crippen LogP contribution in [0.5, 0.6) is 11.5 Å². The molecule has 1 aromatic carbocycles. The lowest BCUT2D eigenvalue weighted by molar-refractivity contribution is -0.122. The third kappa shape index (κ3) is 5.11. The summed E-state index contributed by atoms with van der Waals surface area (Å²) in [5.41, 5.74) is 0.798. The molecular weight excluding hydrogens is 356 g/mol. The minimum atomic E-state index is -3.42. The summed E-state index contributed by atoms with van der Waals surface area (Å²) >= 11 is 0. The maximum Gasteiger partial charge on any atom is 0.231 e. The molecule has 1 aliphatic heterocycles. The zero-order chi connectivity index (χ0) is 18.6. The SMILES string of the molecule is CS(=O)(=O)N(CCC(=O)NC1CCCCC1)Cc1ccc2c(c1)OCO2. The number of hydrogen-bond acceptors (Lipinski definition) is 5. The monoisotopic (exact) mass is 382 g/mol. The van der Waals surface area contributed by atoms with Gasteiger partial charge in [0, 0.05) is 25.6 Å². The molecule has 1 aromatic rings. The van der Waals surface area contributed by atoms with Crippen LogP contribution >= 0.6 is 0 Å². The number of fused-ring (bicyclic) bond motifs is 1. The Morgan fingerprint density at radius 2 is 1.92 bits per heavy atom. The molecule has 1 fully saturated rings. The molecule has 1 heterocycles. The highest BCUT2D eigenvalue weighted by molar-refractivity contribution is 7.88. The van der Waals surface area contributed by atoms with Gasteiger partial charge in [-0.2, -0.15) is 4.31 Å². The van der Waals surface area contributed by atoms with Crippen LogP contribution in [-0.2, 0) is 21.4 Å². The average Bonchev–Trinajstić information content (AvgIpc) is 3.06. The van der Waals surface area contributed by atoms with Crippen molar-refractivity contribution < 1.29 is 22.7 Å². The molecule has 144 valence electrons. The van der Waals surface area contributed by atoms with Crippen LogP contribution in [0.2, 0.25) is 0 Å². The number of amides is 1. The second-order valence-corrected chi connectivity index (χ2v) is 8.92. The Labute approximate surface area is 154 Å². The lowest BCUT2D eigenvalue weighted by Gasteiger charge is -2.24. The van der Waals surface area contributed by atoms with Gasteiger partial charge in [-0.15, -0.1) is 0 Å². The van der Waals surface area contributed by atoms with Gasteiger partial charge in [-0.25, -0.2) is 8.42 Å². The summed E-state index contributed by atoms with van der Waals surface area (Å²) in [6.07, 6.45) is 6.86. The third-order valence-electron chi connectivity index (χ3n) is 4.82. The maximum absolute atomic E-state index is 12.2. The smallest absolute Gasteiger partial charge is 0.231 e. The molecule has 1 saturated carbocycles. The van der Waals surface area contributed by atoms with Crippen LogP contribution in [0.15, 0.2) is 18.2 Å². The van der Waals surface area contributed by atoms with Crippen LogP contribution in [0.4, 0.5) is 0 Å². The van der Waals surface area contributed by atoms with Crippen LogP contribution in [-0.4, -0.2) is 44.3 Å². The predicted molar refractivity (Wildman–Crippen MR) is 97.5 cm³/mol. The standard InChI is InChI=1S/C18H26N2O5S/c1-26(22,23)20(10-9-18(21)19-15-5-3-2-4-6-15)12-14-7-8-16-17(11-14)25-13-24-16/h7-8,11,15H,2-6,9-10,12-13H2,1H3,(H,19,21). The van der Waals surface area contributed by atoms with E-state index in [1.54, 1.807) is 12.1 Å². The summed E-state index contributed by atoms with van der Waals surface area (Å²) in [5.74, 6) is 1.19. The number of nitrogens with one attached hydrogen (secondary N) is 1. The second-order valence-electron chi connectivity index (χ2n) is 6.94. The number of ether oxygens (including phenoxy) is 2. The Morgan fingerprint density at radius 1 is 1.19 bits per heavy atom. The van der Waals surface area contributed by atoms with E-state index < -0.39 is 10.0 Å². The Hall–Kier alpha value is -1.80. The largest absolute Gasteiger partial charge is 0.454 e. The van der Waals surface area contributed by atoms with Gasteiger partial charge in [0.1, 0.15) is 0 Å². The van der Waals surface area contributed by atoms with Crippen LogP contribution < -0.4 is 14.8 Å². The van der Waals surface area contributed by atoms with Gasteiger partial charge < -0.3 is 14.8 Å². The first kappa shape index (κ1) is 19.0. The fraction of sp³-hybridized carbons (Fsp3) is 0.611. The van der Waals surface area contributed by atoms with Gasteiger partial charge in [-0.3, -0.25) is 4.79 Å². The molecule has 0 saturated heterocycles. The molecule has 0 atom stereocenters. The lowest BCUT2D eigenvalue weighted by Crippen LogP contribution is -2.39. The average molecular weight is 382 g/mol. The van der Waals surface area contributed by atoms with Crippen LogP contribution in [0.25, 0.3) is 0 Å². The minimum Gasteiger partial charge on any atom is -0.454 e. The molecule has 3 rings (SSSR count). The first-order valence-corrected chi connectivity index (χ1v) is 10.9. The van der Waals surface area contributed by atoms with Gasteiger partial charge >= 0.3 is 0 Å². The summed E-state index contributed by atoms with van der Waals surface area (Å²) in [6, 6.07) is 5.60. The van der Waals surface area contributed by atoms with Crippen molar-refractivity contribution in [1.29, 1.82) is 0 Å². The number of benzene rings is 1. The number of carbonyl (C=O) groups is 1. The van der Waals surface area contributed by atoms with E-state index >= 15 is 0 Å². The second kappa shape index (κ2) is 8.26. The fourth-order valence-corrected chi connectivity index (χ4v) is 4.18. The molecule has 26 heavy (non-hydrogen) atoms. The van der Waals surface area contributed by atoms with Crippen molar-refractivity contribution in [2.45, 2.75) is 51.1 Å². The zero-order valence-electron chi connectivity index (χ0n) is 15.1. The zero-order valence-corrected chi connectivity index (χ0v) is 15.9. The van der Waals surface area contributed by atoms with Gasteiger partial charge in [0.15, 0.2) is 11.5 Å². The van der Waals surface area contributed by atoms with Crippen molar-refractivity contribution in [2.75, 3.05) is 19.6 Å². The molecule has 1 N–H and O–H groups in total. The summed E-state index contributed by atoms with van der Waals surface area (Å²) in [6.45, 7) is 0.536. The van der Waals surface area contributed by atoms with Crippen molar-refractivity contribution in [3.8, 4) is 11.5 Å². The summed E-state index contributed by atoms with van der Waals surface area (Å²) in [4.78, 5) is 12.2. The summed E-state index contributed by atoms with van der Waals surface area (Å²) in [5, 5.41) is 3.03. The first-order valence-electron chi connectivity index (χ1n) is 9.05. The molecule has 7 nitrogen and oxygen atoms in total. The molecular formula is C18H26N2O5S. The normalized spacial score (nSPS) is 17.5. The summed E-state index contributed by atoms with van der Waals surface area (Å²) < 4.78 is 36.1. The number of sulfonamides is 1. The van der Waals surface area contributed by atoms with Crippen LogP contribution in [0, 0.1) is 0 Å². The summed E-state index contributed by atoms with van der Waals surface area (Å²) in [7, 11) is -3.42. The molecule has 0 aromatic heterocycles. The topological polar surface area (TPSA) is 84.9 Å². The van der Waals surface area contributed by atoms with E-state index in [9.17, 15) is 13.2 Å². The number of carbonyl (C=O) groups excluding carboxylic acids is 1. The van der Waals surface area contributed by atoms with Gasteiger partial charge in [-0.1, -0.05) is 25.3 Å². The fourth-order valence-electron chi connectivity index (χ4n) is 3.38. The quantitative estimate of drug-likeness (QED) is 0.780. The molecule has 8 heteroatoms. The van der Waals surface area contributed by atoms with Gasteiger partial charge in [0.05, 0.1) is 6.26 Å². The van der Waals surface area contributed by atoms with Crippen molar-refractivity contribution in [3.63, 3.8) is 0 Å². The Morgan fingerprint density at radius 3 is 2.65 bits per heavy atom. The molecule has 0 radical (unpaired) electrons. The van der Waals surface area contributed by atoms with Crippen molar-refractivity contribution in [1.82, 2.24) is 9.62 Å². The van der Waals surface area contributed by atoms with Crippen molar-refractivity contribution >= 4 is 15.9 Å². The Bertz CT molecular complexity index is 744. The van der Waals surface area contributed by atoms with Crippen molar-refractivity contribution in [2.24, 2.45) is 0 Å². The highest BCUT2D eigenvalue weighted by atomic mass is 32.2. The van der Waals surface area contributed by atoms with E-state index in [1.807, 2.05) is 6.07 Å². The highest BCUT2D eigenvalue weighted by Gasteiger charge is 2.22. The minimum absolute atomic E-state index is 0.0868. The van der Waals surface area contributed by atoms with E-state index in [0.29, 0.717) is 11.5 Å². The van der Waals surface area contributed by atoms with E-state index in [0.717, 1.165) is 31.2 Å². The predicted octanol–water partition coefficient (Wildman–Crippen LogP) is 2.02. The molecule has 2 aliphatic rings. The third-order valence-corrected chi connectivity index (χ3v) is 6.07. The van der Waals surface area contributed by atoms with E-state index in [1.165, 1.54) is 17.0 Å². The number of nitrogens with zero attached hydrogens (tertiary/aromatic N) is 1. The first-order chi connectivity index (χ1) is 12.4. The van der Waals surface area contributed by atoms with Crippen molar-refractivity contribution in [3.05, 3.63) is 23.8 Å². The van der Waals surface area contributed by atoms with E-state index in [4.69, 9.17) is 9.47 Å². The van der Waals surface area contributed by atoms with Gasteiger partial charge in [0.25, 0.3) is 0 Å². The molecule has 0 bridgehead atoms. The number of rotatable bonds is 7. The van der Waals surface area contributed by atoms with Gasteiger partial charge in [0.2, 0.25) is 22.7 Å². The highest BCUT2D eigenvalue weighted by Crippen LogP contribution is 2.33. The Kier molecular flexibility index (Phi) is 6.03. The molecule has 1 aliphatic carbocycles. The molecule has 0 unspecified atom stereocenters. The maximum atomic E-state index is 12.2. The van der Waals surface area contributed by atoms with Crippen LogP contribution in [0.3, 0.4) is 0 Å². The lowest BCUT2D eigenvalue weighted by atomic mass is 9.95. The Balaban J connectivity index is 1.57. The van der Waals surface area contributed by atoms with Gasteiger partial charge in [-0.05, 0) is 30.5 Å².